The van der Waals surface area contributed by atoms with Gasteiger partial charge in [0.25, 0.3) is 0 Å². The van der Waals surface area contributed by atoms with Crippen molar-refractivity contribution in [2.24, 2.45) is 0 Å². The molecule has 0 fully saturated rings. The molecule has 1 aromatic heterocycles. The summed E-state index contributed by atoms with van der Waals surface area (Å²) in [5.41, 5.74) is 3.99. The highest BCUT2D eigenvalue weighted by Gasteiger charge is 2.03. The maximum absolute atomic E-state index is 3.46. The summed E-state index contributed by atoms with van der Waals surface area (Å²) >= 11 is 0. The van der Waals surface area contributed by atoms with E-state index >= 15 is 0 Å². The number of allylic oxidation sites excluding steroid dienone is 6. The molecule has 88 valence electrons. The second-order valence-electron chi connectivity index (χ2n) is 4.37. The zero-order valence-electron chi connectivity index (χ0n) is 10.7. The van der Waals surface area contributed by atoms with E-state index in [1.807, 2.05) is 0 Å². The Balaban J connectivity index is 2.87. The second kappa shape index (κ2) is 5.05. The maximum atomic E-state index is 3.46. The van der Waals surface area contributed by atoms with Gasteiger partial charge in [0, 0.05) is 16.3 Å². The van der Waals surface area contributed by atoms with Gasteiger partial charge in [0.2, 0.25) is 0 Å². The molecule has 0 radical (unpaired) electrons. The van der Waals surface area contributed by atoms with Crippen LogP contribution in [0.5, 0.6) is 0 Å². The summed E-state index contributed by atoms with van der Waals surface area (Å²) in [6.07, 6.45) is 15.9. The fraction of sp³-hybridized carbons (Fsp3) is 0.250. The first-order valence-corrected chi connectivity index (χ1v) is 6.08. The highest BCUT2D eigenvalue weighted by Crippen LogP contribution is 2.07. The van der Waals surface area contributed by atoms with Gasteiger partial charge < -0.3 is 4.98 Å². The second-order valence-corrected chi connectivity index (χ2v) is 4.37. The standard InChI is InChI=1S/C16H19N/c1-4-9-14-10-7-5-6-8-11-15-16(14)12(2)13(3)17-15/h4-9,11,17H,10H2,1-3H3/b7-5-,8-6+,9-4-,15-11+,16-14-. The van der Waals surface area contributed by atoms with Gasteiger partial charge in [-0.1, -0.05) is 36.5 Å². The molecule has 1 nitrogen and oxygen atoms in total. The van der Waals surface area contributed by atoms with Crippen LogP contribution in [0.2, 0.25) is 0 Å². The maximum Gasteiger partial charge on any atom is 0.0461 e. The highest BCUT2D eigenvalue weighted by molar-refractivity contribution is 5.61. The lowest BCUT2D eigenvalue weighted by Crippen LogP contribution is -2.26. The van der Waals surface area contributed by atoms with E-state index in [9.17, 15) is 0 Å². The molecule has 1 aliphatic rings. The van der Waals surface area contributed by atoms with Crippen molar-refractivity contribution < 1.29 is 0 Å². The molecule has 0 atom stereocenters. The van der Waals surface area contributed by atoms with Gasteiger partial charge in [0.1, 0.15) is 0 Å². The van der Waals surface area contributed by atoms with Gasteiger partial charge in [-0.2, -0.15) is 0 Å². The Bertz CT molecular complexity index is 607. The first-order chi connectivity index (χ1) is 8.24. The van der Waals surface area contributed by atoms with E-state index in [0.29, 0.717) is 0 Å². The predicted octanol–water partition coefficient (Wildman–Crippen LogP) is 2.65. The molecule has 1 aromatic rings. The molecule has 17 heavy (non-hydrogen) atoms. The lowest BCUT2D eigenvalue weighted by Gasteiger charge is -1.98. The molecule has 0 saturated carbocycles. The van der Waals surface area contributed by atoms with Gasteiger partial charge in [-0.15, -0.1) is 0 Å². The summed E-state index contributed by atoms with van der Waals surface area (Å²) in [7, 11) is 0. The highest BCUT2D eigenvalue weighted by atomic mass is 14.7. The molecular formula is C16H19N. The van der Waals surface area contributed by atoms with Crippen LogP contribution in [0.15, 0.2) is 36.5 Å². The molecule has 1 heteroatoms. The number of aryl methyl sites for hydroxylation is 1. The third-order valence-corrected chi connectivity index (χ3v) is 3.18. The van der Waals surface area contributed by atoms with Crippen molar-refractivity contribution >= 4 is 11.6 Å². The van der Waals surface area contributed by atoms with Crippen molar-refractivity contribution in [1.82, 2.24) is 4.98 Å². The van der Waals surface area contributed by atoms with Crippen LogP contribution in [0.3, 0.4) is 0 Å². The summed E-state index contributed by atoms with van der Waals surface area (Å²) in [5.74, 6) is 0. The average Bonchev–Trinajstić information content (AvgIpc) is 2.62. The summed E-state index contributed by atoms with van der Waals surface area (Å²) in [5, 5.41) is 2.57. The molecule has 1 N–H and O–H groups in total. The lowest BCUT2D eigenvalue weighted by atomic mass is 10.1. The van der Waals surface area contributed by atoms with Crippen molar-refractivity contribution in [3.05, 3.63) is 58.3 Å². The number of aromatic amines is 1. The third-order valence-electron chi connectivity index (χ3n) is 3.18. The number of aromatic nitrogens is 1. The van der Waals surface area contributed by atoms with Crippen molar-refractivity contribution in [2.75, 3.05) is 0 Å². The van der Waals surface area contributed by atoms with E-state index in [-0.39, 0.29) is 0 Å². The Kier molecular flexibility index (Phi) is 3.48. The smallest absolute Gasteiger partial charge is 0.0461 e. The van der Waals surface area contributed by atoms with Crippen molar-refractivity contribution in [2.45, 2.75) is 27.2 Å². The average molecular weight is 225 g/mol. The Morgan fingerprint density at radius 3 is 2.76 bits per heavy atom. The van der Waals surface area contributed by atoms with E-state index in [2.05, 4.69) is 68.3 Å². The summed E-state index contributed by atoms with van der Waals surface area (Å²) in [4.78, 5) is 3.46. The van der Waals surface area contributed by atoms with Crippen molar-refractivity contribution in [3.63, 3.8) is 0 Å². The van der Waals surface area contributed by atoms with Crippen LogP contribution >= 0.6 is 0 Å². The van der Waals surface area contributed by atoms with Crippen LogP contribution in [-0.2, 0) is 0 Å². The minimum Gasteiger partial charge on any atom is -0.358 e. The molecule has 0 aromatic carbocycles. The third kappa shape index (κ3) is 2.33. The van der Waals surface area contributed by atoms with E-state index in [0.717, 1.165) is 6.42 Å². The van der Waals surface area contributed by atoms with Crippen LogP contribution < -0.4 is 10.6 Å². The Morgan fingerprint density at radius 1 is 1.18 bits per heavy atom. The number of hydrogen-bond donors (Lipinski definition) is 1. The first kappa shape index (κ1) is 11.7. The normalized spacial score (nSPS) is 24.3. The fourth-order valence-corrected chi connectivity index (χ4v) is 2.23. The summed E-state index contributed by atoms with van der Waals surface area (Å²) in [6, 6.07) is 0. The van der Waals surface area contributed by atoms with E-state index in [1.54, 1.807) is 0 Å². The van der Waals surface area contributed by atoms with Gasteiger partial charge in [-0.25, -0.2) is 0 Å². The van der Waals surface area contributed by atoms with Crippen LogP contribution in [0.4, 0.5) is 0 Å². The van der Waals surface area contributed by atoms with Gasteiger partial charge in [-0.05, 0) is 44.4 Å². The van der Waals surface area contributed by atoms with Gasteiger partial charge >= 0.3 is 0 Å². The minimum absolute atomic E-state index is 0.980. The van der Waals surface area contributed by atoms with Crippen molar-refractivity contribution in [1.29, 1.82) is 0 Å². The molecule has 0 unspecified atom stereocenters. The minimum atomic E-state index is 0.980. The van der Waals surface area contributed by atoms with E-state index < -0.39 is 0 Å². The monoisotopic (exact) mass is 225 g/mol. The van der Waals surface area contributed by atoms with Crippen LogP contribution in [0, 0.1) is 13.8 Å². The SMILES string of the molecule is C\C=C/C1=c2\c(C)c(C)[nH]\c2=C\C=C\C=C/C1. The molecular weight excluding hydrogens is 206 g/mol. The van der Waals surface area contributed by atoms with Crippen LogP contribution in [-0.4, -0.2) is 4.98 Å². The van der Waals surface area contributed by atoms with Gasteiger partial charge in [-0.3, -0.25) is 0 Å². The number of fused-ring (bicyclic) bond motifs is 1. The lowest BCUT2D eigenvalue weighted by molar-refractivity contribution is 1.20. The molecule has 1 aliphatic carbocycles. The quantitative estimate of drug-likeness (QED) is 0.756. The zero-order valence-corrected chi connectivity index (χ0v) is 10.7. The molecule has 0 bridgehead atoms. The van der Waals surface area contributed by atoms with Crippen molar-refractivity contribution in [3.8, 4) is 0 Å². The molecule has 1 heterocycles. The van der Waals surface area contributed by atoms with Gasteiger partial charge in [0.15, 0.2) is 0 Å². The number of hydrogen-bond acceptors (Lipinski definition) is 0. The molecule has 0 amide bonds. The molecule has 2 rings (SSSR count). The molecule has 0 saturated heterocycles. The topological polar surface area (TPSA) is 15.8 Å². The number of rotatable bonds is 1. The zero-order chi connectivity index (χ0) is 12.3. The van der Waals surface area contributed by atoms with E-state index in [1.165, 1.54) is 27.4 Å². The van der Waals surface area contributed by atoms with Gasteiger partial charge in [0.05, 0.1) is 0 Å². The van der Waals surface area contributed by atoms with Crippen LogP contribution in [0.25, 0.3) is 11.6 Å². The Labute approximate surface area is 103 Å². The fourth-order valence-electron chi connectivity index (χ4n) is 2.23. The van der Waals surface area contributed by atoms with E-state index in [4.69, 9.17) is 0 Å². The Hall–Kier alpha value is -1.76. The van der Waals surface area contributed by atoms with Crippen LogP contribution in [0.1, 0.15) is 24.6 Å². The molecule has 0 aliphatic heterocycles. The largest absolute Gasteiger partial charge is 0.358 e. The summed E-state index contributed by atoms with van der Waals surface area (Å²) in [6.45, 7) is 6.39. The number of nitrogens with one attached hydrogen (secondary N) is 1. The molecule has 0 spiro atoms. The Morgan fingerprint density at radius 2 is 2.00 bits per heavy atom. The summed E-state index contributed by atoms with van der Waals surface area (Å²) < 4.78 is 0. The number of H-pyrrole nitrogens is 1. The first-order valence-electron chi connectivity index (χ1n) is 6.08. The predicted molar refractivity (Wildman–Crippen MR) is 75.1 cm³/mol.